The van der Waals surface area contributed by atoms with Crippen LogP contribution >= 0.6 is 15.9 Å². The molecule has 1 aromatic rings. The summed E-state index contributed by atoms with van der Waals surface area (Å²) in [6.07, 6.45) is 4.35. The lowest BCUT2D eigenvalue weighted by atomic mass is 9.81. The third-order valence-corrected chi connectivity index (χ3v) is 4.12. The Balaban J connectivity index is 1.94. The Bertz CT molecular complexity index is 441. The van der Waals surface area contributed by atoms with Gasteiger partial charge in [0.15, 0.2) is 5.78 Å². The number of hydrogen-bond donors (Lipinski definition) is 0. The Morgan fingerprint density at radius 2 is 2.16 bits per heavy atom. The van der Waals surface area contributed by atoms with Crippen molar-refractivity contribution in [2.24, 2.45) is 5.92 Å². The van der Waals surface area contributed by atoms with Gasteiger partial charge in [-0.3, -0.25) is 4.79 Å². The summed E-state index contributed by atoms with van der Waals surface area (Å²) in [6, 6.07) is 5.53. The van der Waals surface area contributed by atoms with E-state index in [4.69, 9.17) is 9.47 Å². The zero-order chi connectivity index (χ0) is 13.7. The number of ketones is 1. The lowest BCUT2D eigenvalue weighted by Crippen LogP contribution is -2.16. The van der Waals surface area contributed by atoms with Crippen LogP contribution in [0, 0.1) is 5.92 Å². The fraction of sp³-hybridized carbons (Fsp3) is 0.533. The number of ether oxygens (including phenoxy) is 2. The molecule has 2 rings (SSSR count). The predicted octanol–water partition coefficient (Wildman–Crippen LogP) is 3.85. The first-order valence-electron chi connectivity index (χ1n) is 6.65. The molecule has 0 heterocycles. The Morgan fingerprint density at radius 1 is 1.37 bits per heavy atom. The van der Waals surface area contributed by atoms with Crippen molar-refractivity contribution >= 4 is 21.7 Å². The van der Waals surface area contributed by atoms with E-state index < -0.39 is 0 Å². The number of rotatable bonds is 7. The van der Waals surface area contributed by atoms with Gasteiger partial charge in [0.25, 0.3) is 0 Å². The second kappa shape index (κ2) is 7.06. The van der Waals surface area contributed by atoms with E-state index in [1.807, 2.05) is 18.2 Å². The summed E-state index contributed by atoms with van der Waals surface area (Å²) < 4.78 is 11.3. The highest BCUT2D eigenvalue weighted by atomic mass is 79.9. The number of halogens is 1. The molecule has 0 amide bonds. The highest BCUT2D eigenvalue weighted by molar-refractivity contribution is 9.10. The third kappa shape index (κ3) is 4.05. The van der Waals surface area contributed by atoms with Crippen molar-refractivity contribution in [2.75, 3.05) is 20.3 Å². The maximum Gasteiger partial charge on any atom is 0.163 e. The fourth-order valence-electron chi connectivity index (χ4n) is 2.10. The van der Waals surface area contributed by atoms with Gasteiger partial charge in [-0.2, -0.15) is 0 Å². The Hall–Kier alpha value is -0.870. The van der Waals surface area contributed by atoms with Crippen molar-refractivity contribution in [3.8, 4) is 5.75 Å². The summed E-state index contributed by atoms with van der Waals surface area (Å²) in [7, 11) is 1.64. The van der Waals surface area contributed by atoms with Crippen LogP contribution in [0.1, 0.15) is 36.0 Å². The van der Waals surface area contributed by atoms with Gasteiger partial charge in [-0.25, -0.2) is 0 Å². The molecule has 1 aromatic carbocycles. The average Bonchev–Trinajstić information content (AvgIpc) is 2.35. The van der Waals surface area contributed by atoms with Gasteiger partial charge in [0.1, 0.15) is 12.4 Å². The fourth-order valence-corrected chi connectivity index (χ4v) is 2.60. The van der Waals surface area contributed by atoms with E-state index in [2.05, 4.69) is 15.9 Å². The lowest BCUT2D eigenvalue weighted by molar-refractivity contribution is 0.0936. The van der Waals surface area contributed by atoms with Gasteiger partial charge in [0, 0.05) is 19.1 Å². The van der Waals surface area contributed by atoms with E-state index >= 15 is 0 Å². The quantitative estimate of drug-likeness (QED) is 0.564. The van der Waals surface area contributed by atoms with Gasteiger partial charge in [0.2, 0.25) is 0 Å². The predicted molar refractivity (Wildman–Crippen MR) is 77.8 cm³/mol. The van der Waals surface area contributed by atoms with Gasteiger partial charge in [-0.1, -0.05) is 19.3 Å². The van der Waals surface area contributed by atoms with E-state index in [9.17, 15) is 4.79 Å². The van der Waals surface area contributed by atoms with Crippen LogP contribution in [0.3, 0.4) is 0 Å². The molecule has 1 saturated carbocycles. The number of carbonyl (C=O) groups is 1. The van der Waals surface area contributed by atoms with Crippen LogP contribution in [-0.2, 0) is 4.74 Å². The molecular formula is C15H19BrO3. The average molecular weight is 327 g/mol. The molecule has 1 aliphatic rings. The summed E-state index contributed by atoms with van der Waals surface area (Å²) in [5.74, 6) is 1.58. The molecule has 0 bridgehead atoms. The zero-order valence-corrected chi connectivity index (χ0v) is 12.7. The molecule has 4 heteroatoms. The highest BCUT2D eigenvalue weighted by Gasteiger charge is 2.21. The molecule has 1 aliphatic carbocycles. The zero-order valence-electron chi connectivity index (χ0n) is 11.2. The number of benzene rings is 1. The van der Waals surface area contributed by atoms with Crippen LogP contribution in [0.2, 0.25) is 0 Å². The first-order valence-corrected chi connectivity index (χ1v) is 7.44. The number of hydrogen-bond acceptors (Lipinski definition) is 3. The van der Waals surface area contributed by atoms with E-state index in [0.29, 0.717) is 25.6 Å². The van der Waals surface area contributed by atoms with Crippen LogP contribution < -0.4 is 4.74 Å². The largest absolute Gasteiger partial charge is 0.490 e. The van der Waals surface area contributed by atoms with Crippen LogP contribution in [-0.4, -0.2) is 26.1 Å². The maximum atomic E-state index is 12.1. The van der Waals surface area contributed by atoms with E-state index in [1.165, 1.54) is 19.3 Å². The Kier molecular flexibility index (Phi) is 5.40. The SMILES string of the molecule is COCCOc1ccc(C(=O)CC2CCC2)cc1Br. The first-order chi connectivity index (χ1) is 9.20. The van der Waals surface area contributed by atoms with E-state index in [1.54, 1.807) is 7.11 Å². The van der Waals surface area contributed by atoms with Crippen molar-refractivity contribution in [2.45, 2.75) is 25.7 Å². The minimum Gasteiger partial charge on any atom is -0.490 e. The summed E-state index contributed by atoms with van der Waals surface area (Å²) >= 11 is 3.45. The molecule has 0 atom stereocenters. The maximum absolute atomic E-state index is 12.1. The van der Waals surface area contributed by atoms with Crippen molar-refractivity contribution < 1.29 is 14.3 Å². The summed E-state index contributed by atoms with van der Waals surface area (Å²) in [5, 5.41) is 0. The molecule has 104 valence electrons. The summed E-state index contributed by atoms with van der Waals surface area (Å²) in [6.45, 7) is 1.05. The monoisotopic (exact) mass is 326 g/mol. The van der Waals surface area contributed by atoms with Crippen molar-refractivity contribution in [1.29, 1.82) is 0 Å². The molecule has 19 heavy (non-hydrogen) atoms. The molecule has 3 nitrogen and oxygen atoms in total. The van der Waals surface area contributed by atoms with Gasteiger partial charge in [-0.15, -0.1) is 0 Å². The van der Waals surface area contributed by atoms with Crippen LogP contribution in [0.15, 0.2) is 22.7 Å². The molecule has 0 unspecified atom stereocenters. The molecule has 0 aromatic heterocycles. The lowest BCUT2D eigenvalue weighted by Gasteiger charge is -2.24. The van der Waals surface area contributed by atoms with Crippen LogP contribution in [0.5, 0.6) is 5.75 Å². The van der Waals surface area contributed by atoms with Gasteiger partial charge >= 0.3 is 0 Å². The minimum atomic E-state index is 0.230. The minimum absolute atomic E-state index is 0.230. The van der Waals surface area contributed by atoms with Crippen molar-refractivity contribution in [1.82, 2.24) is 0 Å². The van der Waals surface area contributed by atoms with E-state index in [-0.39, 0.29) is 5.78 Å². The molecule has 0 aliphatic heterocycles. The highest BCUT2D eigenvalue weighted by Crippen LogP contribution is 2.32. The molecule has 0 radical (unpaired) electrons. The molecule has 0 spiro atoms. The number of carbonyl (C=O) groups excluding carboxylic acids is 1. The van der Waals surface area contributed by atoms with Gasteiger partial charge in [-0.05, 0) is 40.0 Å². The smallest absolute Gasteiger partial charge is 0.163 e. The molecular weight excluding hydrogens is 308 g/mol. The Labute approximate surface area is 122 Å². The second-order valence-corrected chi connectivity index (χ2v) is 5.77. The van der Waals surface area contributed by atoms with E-state index in [0.717, 1.165) is 15.8 Å². The van der Waals surface area contributed by atoms with Gasteiger partial charge in [0.05, 0.1) is 11.1 Å². The third-order valence-electron chi connectivity index (χ3n) is 3.50. The number of Topliss-reactive ketones (excluding diaryl/α,β-unsaturated/α-hetero) is 1. The number of methoxy groups -OCH3 is 1. The first kappa shape index (κ1) is 14.5. The van der Waals surface area contributed by atoms with Crippen molar-refractivity contribution in [3.63, 3.8) is 0 Å². The molecule has 1 fully saturated rings. The topological polar surface area (TPSA) is 35.5 Å². The Morgan fingerprint density at radius 3 is 2.74 bits per heavy atom. The molecule has 0 N–H and O–H groups in total. The second-order valence-electron chi connectivity index (χ2n) is 4.91. The van der Waals surface area contributed by atoms with Gasteiger partial charge < -0.3 is 9.47 Å². The summed E-state index contributed by atoms with van der Waals surface area (Å²) in [4.78, 5) is 12.1. The standard InChI is InChI=1S/C15H19BrO3/c1-18-7-8-19-15-6-5-12(10-13(15)16)14(17)9-11-3-2-4-11/h5-6,10-11H,2-4,7-9H2,1H3. The van der Waals surface area contributed by atoms with Crippen LogP contribution in [0.4, 0.5) is 0 Å². The van der Waals surface area contributed by atoms with Crippen LogP contribution in [0.25, 0.3) is 0 Å². The summed E-state index contributed by atoms with van der Waals surface area (Å²) in [5.41, 5.74) is 0.762. The van der Waals surface area contributed by atoms with Crippen molar-refractivity contribution in [3.05, 3.63) is 28.2 Å². The normalized spacial score (nSPS) is 15.1. The molecule has 0 saturated heterocycles.